The Morgan fingerprint density at radius 2 is 1.96 bits per heavy atom. The molecule has 1 aromatic carbocycles. The molecule has 7 nitrogen and oxygen atoms in total. The van der Waals surface area contributed by atoms with Gasteiger partial charge in [0.2, 0.25) is 0 Å². The van der Waals surface area contributed by atoms with Crippen LogP contribution in [0.3, 0.4) is 0 Å². The van der Waals surface area contributed by atoms with Crippen LogP contribution in [0, 0.1) is 0 Å². The van der Waals surface area contributed by atoms with Crippen LogP contribution in [0.25, 0.3) is 0 Å². The molecule has 3 rings (SSSR count). The molecule has 1 aromatic rings. The Morgan fingerprint density at radius 3 is 2.64 bits per heavy atom. The van der Waals surface area contributed by atoms with Crippen LogP contribution < -0.4 is 10.5 Å². The third-order valence-electron chi connectivity index (χ3n) is 4.97. The number of likely N-dealkylation sites (N-methyl/N-ethyl adjacent to an activating group) is 1. The molecular formula is C18H25N3O4. The van der Waals surface area contributed by atoms with Gasteiger partial charge in [0, 0.05) is 26.2 Å². The van der Waals surface area contributed by atoms with Crippen molar-refractivity contribution in [3.05, 3.63) is 29.8 Å². The summed E-state index contributed by atoms with van der Waals surface area (Å²) in [6.45, 7) is 3.84. The molecule has 2 aliphatic heterocycles. The number of primary amides is 1. The number of rotatable bonds is 4. The number of nitrogens with zero attached hydrogens (tertiary/aromatic N) is 2. The van der Waals surface area contributed by atoms with Crippen LogP contribution in [0.4, 0.5) is 0 Å². The Balaban J connectivity index is 1.53. The van der Waals surface area contributed by atoms with E-state index in [4.69, 9.17) is 15.2 Å². The fourth-order valence-corrected chi connectivity index (χ4v) is 3.53. The van der Waals surface area contributed by atoms with Crippen LogP contribution >= 0.6 is 0 Å². The van der Waals surface area contributed by atoms with E-state index in [1.807, 2.05) is 0 Å². The molecule has 2 fully saturated rings. The lowest BCUT2D eigenvalue weighted by atomic mass is 9.89. The highest BCUT2D eigenvalue weighted by atomic mass is 16.5. The number of morpholine rings is 1. The van der Waals surface area contributed by atoms with Crippen molar-refractivity contribution in [1.29, 1.82) is 0 Å². The zero-order valence-electron chi connectivity index (χ0n) is 14.6. The van der Waals surface area contributed by atoms with E-state index in [2.05, 4.69) is 11.9 Å². The molecule has 0 saturated carbocycles. The van der Waals surface area contributed by atoms with Crippen molar-refractivity contribution >= 4 is 11.8 Å². The Hall–Kier alpha value is -2.12. The number of nitrogens with two attached hydrogens (primary N) is 1. The van der Waals surface area contributed by atoms with Crippen LogP contribution in [-0.4, -0.2) is 73.7 Å². The first-order chi connectivity index (χ1) is 12.0. The molecular weight excluding hydrogens is 322 g/mol. The summed E-state index contributed by atoms with van der Waals surface area (Å²) < 4.78 is 11.5. The van der Waals surface area contributed by atoms with Crippen LogP contribution in [0.2, 0.25) is 0 Å². The SMILES string of the molecule is CN1CCOC2(CCN(C(=O)COc3ccccc3C(N)=O)CC2)C1. The van der Waals surface area contributed by atoms with Crippen molar-refractivity contribution in [3.63, 3.8) is 0 Å². The molecule has 1 spiro atoms. The quantitative estimate of drug-likeness (QED) is 0.857. The van der Waals surface area contributed by atoms with Gasteiger partial charge in [-0.1, -0.05) is 12.1 Å². The molecule has 25 heavy (non-hydrogen) atoms. The van der Waals surface area contributed by atoms with Crippen molar-refractivity contribution in [2.45, 2.75) is 18.4 Å². The summed E-state index contributed by atoms with van der Waals surface area (Å²) in [5, 5.41) is 0. The van der Waals surface area contributed by atoms with Crippen molar-refractivity contribution in [1.82, 2.24) is 9.80 Å². The average Bonchev–Trinajstić information content (AvgIpc) is 2.60. The van der Waals surface area contributed by atoms with Crippen LogP contribution in [0.1, 0.15) is 23.2 Å². The highest BCUT2D eigenvalue weighted by Crippen LogP contribution is 2.29. The van der Waals surface area contributed by atoms with E-state index in [1.165, 1.54) is 0 Å². The first kappa shape index (κ1) is 17.7. The minimum atomic E-state index is -0.568. The number of amides is 2. The minimum Gasteiger partial charge on any atom is -0.483 e. The molecule has 2 saturated heterocycles. The van der Waals surface area contributed by atoms with E-state index < -0.39 is 5.91 Å². The summed E-state index contributed by atoms with van der Waals surface area (Å²) in [6, 6.07) is 6.68. The van der Waals surface area contributed by atoms with Crippen molar-refractivity contribution in [2.24, 2.45) is 5.73 Å². The fraction of sp³-hybridized carbons (Fsp3) is 0.556. The van der Waals surface area contributed by atoms with Gasteiger partial charge in [-0.05, 0) is 32.0 Å². The van der Waals surface area contributed by atoms with E-state index >= 15 is 0 Å². The van der Waals surface area contributed by atoms with Crippen LogP contribution in [-0.2, 0) is 9.53 Å². The van der Waals surface area contributed by atoms with Gasteiger partial charge in [-0.25, -0.2) is 0 Å². The van der Waals surface area contributed by atoms with Crippen molar-refractivity contribution < 1.29 is 19.1 Å². The van der Waals surface area contributed by atoms with E-state index in [0.717, 1.165) is 32.5 Å². The second-order valence-corrected chi connectivity index (χ2v) is 6.80. The van der Waals surface area contributed by atoms with Crippen molar-refractivity contribution in [2.75, 3.05) is 46.4 Å². The third kappa shape index (κ3) is 4.11. The van der Waals surface area contributed by atoms with Gasteiger partial charge in [0.25, 0.3) is 11.8 Å². The van der Waals surface area contributed by atoms with E-state index in [-0.39, 0.29) is 23.7 Å². The van der Waals surface area contributed by atoms with E-state index in [0.29, 0.717) is 18.8 Å². The van der Waals surface area contributed by atoms with Gasteiger partial charge < -0.3 is 25.0 Å². The Kier molecular flexibility index (Phi) is 5.24. The Bertz CT molecular complexity index is 641. The Labute approximate surface area is 147 Å². The predicted octanol–water partition coefficient (Wildman–Crippen LogP) is 0.488. The van der Waals surface area contributed by atoms with Gasteiger partial charge in [0.05, 0.1) is 17.8 Å². The molecule has 2 aliphatic rings. The van der Waals surface area contributed by atoms with Gasteiger partial charge >= 0.3 is 0 Å². The lowest BCUT2D eigenvalue weighted by molar-refractivity contribution is -0.149. The topological polar surface area (TPSA) is 85.1 Å². The van der Waals surface area contributed by atoms with Gasteiger partial charge in [-0.2, -0.15) is 0 Å². The number of likely N-dealkylation sites (tertiary alicyclic amines) is 1. The lowest BCUT2D eigenvalue weighted by Gasteiger charge is -2.46. The first-order valence-corrected chi connectivity index (χ1v) is 8.61. The first-order valence-electron chi connectivity index (χ1n) is 8.61. The molecule has 2 heterocycles. The maximum absolute atomic E-state index is 12.4. The summed E-state index contributed by atoms with van der Waals surface area (Å²) >= 11 is 0. The van der Waals surface area contributed by atoms with Crippen LogP contribution in [0.5, 0.6) is 5.75 Å². The maximum Gasteiger partial charge on any atom is 0.260 e. The number of ether oxygens (including phenoxy) is 2. The smallest absolute Gasteiger partial charge is 0.260 e. The number of hydrogen-bond acceptors (Lipinski definition) is 5. The standard InChI is InChI=1S/C18H25N3O4/c1-20-10-11-25-18(13-20)6-8-21(9-7-18)16(22)12-24-15-5-3-2-4-14(15)17(19)23/h2-5H,6-13H2,1H3,(H2,19,23). The number of hydrogen-bond donors (Lipinski definition) is 1. The lowest BCUT2D eigenvalue weighted by Crippen LogP contribution is -2.57. The molecule has 0 radical (unpaired) electrons. The van der Waals surface area contributed by atoms with Crippen molar-refractivity contribution in [3.8, 4) is 5.75 Å². The van der Waals surface area contributed by atoms with Gasteiger partial charge in [0.1, 0.15) is 5.75 Å². The molecule has 0 unspecified atom stereocenters. The highest BCUT2D eigenvalue weighted by Gasteiger charge is 2.39. The maximum atomic E-state index is 12.4. The predicted molar refractivity (Wildman–Crippen MR) is 92.4 cm³/mol. The van der Waals surface area contributed by atoms with Gasteiger partial charge in [-0.3, -0.25) is 9.59 Å². The highest BCUT2D eigenvalue weighted by molar-refractivity contribution is 5.95. The number of carbonyl (C=O) groups is 2. The Morgan fingerprint density at radius 1 is 1.24 bits per heavy atom. The summed E-state index contributed by atoms with van der Waals surface area (Å²) in [5.41, 5.74) is 5.48. The molecule has 2 amide bonds. The molecule has 136 valence electrons. The molecule has 7 heteroatoms. The second-order valence-electron chi connectivity index (χ2n) is 6.80. The monoisotopic (exact) mass is 347 g/mol. The number of para-hydroxylation sites is 1. The third-order valence-corrected chi connectivity index (χ3v) is 4.97. The molecule has 0 aliphatic carbocycles. The van der Waals surface area contributed by atoms with Gasteiger partial charge in [0.15, 0.2) is 6.61 Å². The normalized spacial score (nSPS) is 20.4. The number of benzene rings is 1. The molecule has 0 bridgehead atoms. The largest absolute Gasteiger partial charge is 0.483 e. The fourth-order valence-electron chi connectivity index (χ4n) is 3.53. The summed E-state index contributed by atoms with van der Waals surface area (Å²) in [6.07, 6.45) is 1.67. The molecule has 0 atom stereocenters. The zero-order chi connectivity index (χ0) is 17.9. The second kappa shape index (κ2) is 7.41. The van der Waals surface area contributed by atoms with Gasteiger partial charge in [-0.15, -0.1) is 0 Å². The van der Waals surface area contributed by atoms with E-state index in [1.54, 1.807) is 29.2 Å². The summed E-state index contributed by atoms with van der Waals surface area (Å²) in [7, 11) is 2.10. The minimum absolute atomic E-state index is 0.0849. The molecule has 0 aromatic heterocycles. The summed E-state index contributed by atoms with van der Waals surface area (Å²) in [4.78, 5) is 27.9. The zero-order valence-corrected chi connectivity index (χ0v) is 14.6. The van der Waals surface area contributed by atoms with E-state index in [9.17, 15) is 9.59 Å². The van der Waals surface area contributed by atoms with Crippen LogP contribution in [0.15, 0.2) is 24.3 Å². The average molecular weight is 347 g/mol. The summed E-state index contributed by atoms with van der Waals surface area (Å²) in [5.74, 6) is -0.311. The number of piperidine rings is 1. The molecule has 2 N–H and O–H groups in total. The number of carbonyl (C=O) groups excluding carboxylic acids is 2.